The Morgan fingerprint density at radius 1 is 0.333 bits per heavy atom. The van der Waals surface area contributed by atoms with E-state index in [0.717, 1.165) is 0 Å². The van der Waals surface area contributed by atoms with E-state index in [-0.39, 0.29) is 35.9 Å². The Morgan fingerprint density at radius 3 is 0.333 bits per heavy atom. The largest absolute Gasteiger partial charge is 0.269 e. The van der Waals surface area contributed by atoms with Crippen molar-refractivity contribution >= 4 is 12.4 Å². The molecule has 48 valence electrons. The summed E-state index contributed by atoms with van der Waals surface area (Å²) in [6, 6.07) is 0. The van der Waals surface area contributed by atoms with Crippen LogP contribution in [0.5, 0.6) is 0 Å². The van der Waals surface area contributed by atoms with Crippen molar-refractivity contribution in [2.75, 3.05) is 0 Å². The Hall–Kier alpha value is -0.0600. The molecule has 0 aliphatic carbocycles. The van der Waals surface area contributed by atoms with Gasteiger partial charge in [0.25, 0.3) is 0 Å². The minimum absolute atomic E-state index is 0. The molecule has 0 bridgehead atoms. The molecule has 0 saturated heterocycles. The average molecular weight is 136 g/mol. The maximum absolute atomic E-state index is 0. The molecule has 6 heteroatoms. The van der Waals surface area contributed by atoms with Crippen molar-refractivity contribution in [2.24, 2.45) is 0 Å². The third-order valence-electron chi connectivity index (χ3n) is 0. The maximum atomic E-state index is 0. The lowest BCUT2D eigenvalue weighted by Gasteiger charge is -0.270. The summed E-state index contributed by atoms with van der Waals surface area (Å²) in [5, 5.41) is 0. The smallest absolute Gasteiger partial charge is 0.147 e. The van der Waals surface area contributed by atoms with Crippen molar-refractivity contribution in [3.05, 3.63) is 0 Å². The van der Waals surface area contributed by atoms with E-state index >= 15 is 0 Å². The van der Waals surface area contributed by atoms with Crippen molar-refractivity contribution in [3.8, 4) is 0 Å². The Morgan fingerprint density at radius 2 is 0.333 bits per heavy atom. The Bertz CT molecular complexity index is 3.90. The van der Waals surface area contributed by atoms with Crippen LogP contribution in [0.2, 0.25) is 0 Å². The van der Waals surface area contributed by atoms with Crippen molar-refractivity contribution in [1.82, 2.24) is 0 Å². The predicted molar refractivity (Wildman–Crippen MR) is 19.8 cm³/mol. The summed E-state index contributed by atoms with van der Waals surface area (Å²) in [7, 11) is 0. The zero-order chi connectivity index (χ0) is 0. The van der Waals surface area contributed by atoms with E-state index in [4.69, 9.17) is 0 Å². The van der Waals surface area contributed by atoms with Crippen LogP contribution in [-0.2, 0) is 0 Å². The molecule has 0 rings (SSSR count). The van der Waals surface area contributed by atoms with E-state index in [1.807, 2.05) is 0 Å². The molecule has 0 radical (unpaired) electrons. The van der Waals surface area contributed by atoms with Crippen molar-refractivity contribution in [2.45, 2.75) is 0 Å². The van der Waals surface area contributed by atoms with Crippen LogP contribution in [0.25, 0.3) is 0 Å². The molecule has 0 aliphatic rings. The van der Waals surface area contributed by atoms with Gasteiger partial charge in [0.1, 0.15) is 0 Å². The van der Waals surface area contributed by atoms with Crippen LogP contribution in [-0.4, -0.2) is 0 Å². The van der Waals surface area contributed by atoms with Gasteiger partial charge in [-0.2, -0.15) is 0 Å². The van der Waals surface area contributed by atoms with Crippen LogP contribution < -0.4 is 0 Å². The number of hydrogen-bond donors (Lipinski definition) is 0. The first-order valence-corrected chi connectivity index (χ1v) is 0. The van der Waals surface area contributed by atoms with E-state index in [9.17, 15) is 0 Å². The summed E-state index contributed by atoms with van der Waals surface area (Å²) >= 11 is 0. The van der Waals surface area contributed by atoms with E-state index in [0.29, 0.717) is 0 Å². The van der Waals surface area contributed by atoms with Gasteiger partial charge in [-0.25, -0.2) is 0 Å². The lowest BCUT2D eigenvalue weighted by atomic mass is 19.0. The highest BCUT2D eigenvalue weighted by Crippen LogP contribution is 0.690. The second kappa shape index (κ2) is 21300. The van der Waals surface area contributed by atoms with E-state index in [1.54, 1.807) is 0 Å². The van der Waals surface area contributed by atoms with Gasteiger partial charge >= 0.3 is 0 Å². The molecule has 0 N–H and O–H groups in total. The molecule has 0 saturated carbocycles. The van der Waals surface area contributed by atoms with Crippen molar-refractivity contribution in [3.63, 3.8) is 0 Å². The minimum atomic E-state index is 0. The topological polar surface area (TPSA) is 0 Å². The van der Waals surface area contributed by atoms with E-state index in [2.05, 4.69) is 0 Å². The Balaban J connectivity index is 0. The number of halogens is 6. The third-order valence-corrected chi connectivity index (χ3v) is 0. The Labute approximate surface area is 37.2 Å². The van der Waals surface area contributed by atoms with Gasteiger partial charge in [-0.05, 0) is 0 Å². The number of hydrogen-bond acceptors (Lipinski definition) is 0. The van der Waals surface area contributed by atoms with Crippen molar-refractivity contribution in [1.29, 1.82) is 0 Å². The van der Waals surface area contributed by atoms with Crippen LogP contribution >= 0.6 is 12.4 Å². The molecule has 0 spiro atoms. The summed E-state index contributed by atoms with van der Waals surface area (Å²) in [4.78, 5) is 0. The molecule has 0 nitrogen and oxygen atoms in total. The SMILES string of the molecule is Cl.F.F.F.F.F. The summed E-state index contributed by atoms with van der Waals surface area (Å²) in [5.74, 6) is 0. The minimum Gasteiger partial charge on any atom is -0.269 e. The molecule has 0 fully saturated rings. The molecule has 6 heavy (non-hydrogen) atoms. The molecule has 0 amide bonds. The zero-order valence-electron chi connectivity index (χ0n) is 2.45. The molecule has 0 atom stereocenters. The zero-order valence-corrected chi connectivity index (χ0v) is 3.27. The van der Waals surface area contributed by atoms with Crippen molar-refractivity contribution < 1.29 is 23.5 Å². The number of rotatable bonds is 0. The maximum Gasteiger partial charge on any atom is -0.147 e. The highest BCUT2D eigenvalue weighted by molar-refractivity contribution is 5.85. The van der Waals surface area contributed by atoms with E-state index in [1.165, 1.54) is 0 Å². The lowest BCUT2D eigenvalue weighted by Crippen LogP contribution is 0.419. The second-order valence-electron chi connectivity index (χ2n) is 0. The fourth-order valence-corrected chi connectivity index (χ4v) is 0. The quantitative estimate of drug-likeness (QED) is 0.439. The van der Waals surface area contributed by atoms with Gasteiger partial charge in [-0.3, -0.25) is 23.5 Å². The first-order valence-electron chi connectivity index (χ1n) is 0. The highest BCUT2D eigenvalue weighted by Gasteiger charge is -0.147. The molecule has 0 aromatic heterocycles. The van der Waals surface area contributed by atoms with Gasteiger partial charge in [0.05, 0.1) is 0 Å². The van der Waals surface area contributed by atoms with Crippen LogP contribution in [0.1, 0.15) is 0 Å². The molecule has 0 aliphatic heterocycles. The van der Waals surface area contributed by atoms with Gasteiger partial charge in [0, 0.05) is 0 Å². The first kappa shape index (κ1) is 40300. The van der Waals surface area contributed by atoms with Gasteiger partial charge in [0.2, 0.25) is 0 Å². The van der Waals surface area contributed by atoms with Crippen LogP contribution in [0.3, 0.4) is 0 Å². The summed E-state index contributed by atoms with van der Waals surface area (Å²) in [6.07, 6.45) is 0. The van der Waals surface area contributed by atoms with Crippen LogP contribution in [0.15, 0.2) is 0 Å². The second-order valence-corrected chi connectivity index (χ2v) is 0. The van der Waals surface area contributed by atoms with Gasteiger partial charge in [0.15, 0.2) is 0 Å². The van der Waals surface area contributed by atoms with Gasteiger partial charge < -0.3 is 0 Å². The average Bonchev–Trinajstić information content (AvgIpc) is 0. The molecule has 0 unspecified atom stereocenters. The Kier molecular flexibility index (Phi) is 143000000. The fraction of sp³-hybridized carbons (Fsp3) is 0. The fourth-order valence-electron chi connectivity index (χ4n) is 0. The summed E-state index contributed by atoms with van der Waals surface area (Å²) < 4.78 is 0. The van der Waals surface area contributed by atoms with Crippen LogP contribution in [0, 0.1) is 0 Å². The molecule has 0 heterocycles. The van der Waals surface area contributed by atoms with Crippen LogP contribution in [0.4, 0.5) is 23.5 Å². The predicted octanol–water partition coefficient (Wildman–Crippen LogP) is 1.18. The van der Waals surface area contributed by atoms with Gasteiger partial charge in [-0.1, -0.05) is 0 Å². The van der Waals surface area contributed by atoms with E-state index < -0.39 is 0 Å². The monoisotopic (exact) mass is 136 g/mol. The molecule has 0 aromatic rings. The lowest BCUT2D eigenvalue weighted by molar-refractivity contribution is 1.11. The standard InChI is InChI=1S/ClH.5FH/h6*1H. The summed E-state index contributed by atoms with van der Waals surface area (Å²) in [5.41, 5.74) is 0. The first-order chi connectivity index (χ1) is 0. The molecular formula is H6ClF5. The highest BCUT2D eigenvalue weighted by atomic mass is 35.5. The van der Waals surface area contributed by atoms with Gasteiger partial charge in [-0.15, -0.1) is 12.4 Å². The molecule has 0 aromatic carbocycles. The normalized spacial score (nSPS) is 0. The third kappa shape index (κ3) is 9460. The summed E-state index contributed by atoms with van der Waals surface area (Å²) in [6.45, 7) is 0. The molecular weight excluding hydrogens is 130 g/mol.